The number of carbonyl (C=O) groups is 1. The summed E-state index contributed by atoms with van der Waals surface area (Å²) in [4.78, 5) is 31.2. The van der Waals surface area contributed by atoms with E-state index in [1.54, 1.807) is 18.2 Å². The fraction of sp³-hybridized carbons (Fsp3) is 0.409. The molecule has 6 nitrogen and oxygen atoms in total. The van der Waals surface area contributed by atoms with Crippen LogP contribution in [0, 0.1) is 4.77 Å². The molecular weight excluding hydrogens is 384 g/mol. The maximum absolute atomic E-state index is 13.5. The number of hydrogen-bond donors (Lipinski definition) is 1. The Morgan fingerprint density at radius 3 is 2.79 bits per heavy atom. The molecule has 1 aromatic carbocycles. The third-order valence-corrected chi connectivity index (χ3v) is 6.21. The first-order chi connectivity index (χ1) is 14.0. The lowest BCUT2D eigenvalue weighted by Crippen LogP contribution is -2.35. The molecule has 4 rings (SSSR count). The van der Waals surface area contributed by atoms with Crippen molar-refractivity contribution in [2.75, 3.05) is 6.54 Å². The Labute approximate surface area is 174 Å². The van der Waals surface area contributed by atoms with Crippen molar-refractivity contribution < 1.29 is 4.79 Å². The first-order valence-corrected chi connectivity index (χ1v) is 10.6. The van der Waals surface area contributed by atoms with Gasteiger partial charge in [0, 0.05) is 37.6 Å². The molecule has 152 valence electrons. The number of aromatic amines is 1. The maximum atomic E-state index is 13.5. The summed E-state index contributed by atoms with van der Waals surface area (Å²) < 4.78 is 4.01. The molecule has 29 heavy (non-hydrogen) atoms. The predicted molar refractivity (Wildman–Crippen MR) is 117 cm³/mol. The first-order valence-electron chi connectivity index (χ1n) is 10.2. The lowest BCUT2D eigenvalue weighted by Gasteiger charge is -2.31. The molecule has 0 saturated carbocycles. The molecule has 1 N–H and O–H groups in total. The van der Waals surface area contributed by atoms with Crippen molar-refractivity contribution in [1.82, 2.24) is 19.0 Å². The van der Waals surface area contributed by atoms with Crippen LogP contribution in [0.4, 0.5) is 0 Å². The largest absolute Gasteiger partial charge is 0.353 e. The lowest BCUT2D eigenvalue weighted by molar-refractivity contribution is 0.0674. The normalized spacial score (nSPS) is 17.4. The van der Waals surface area contributed by atoms with Crippen molar-refractivity contribution >= 4 is 29.0 Å². The number of aryl methyl sites for hydroxylation is 1. The molecule has 7 heteroatoms. The van der Waals surface area contributed by atoms with Gasteiger partial charge in [0.1, 0.15) is 0 Å². The van der Waals surface area contributed by atoms with E-state index in [1.165, 1.54) is 4.57 Å². The Balaban J connectivity index is 1.75. The Morgan fingerprint density at radius 2 is 2.07 bits per heavy atom. The third-order valence-electron chi connectivity index (χ3n) is 5.88. The van der Waals surface area contributed by atoms with Crippen LogP contribution in [-0.2, 0) is 13.6 Å². The summed E-state index contributed by atoms with van der Waals surface area (Å²) >= 11 is 5.31. The van der Waals surface area contributed by atoms with Crippen molar-refractivity contribution in [2.45, 2.75) is 45.2 Å². The van der Waals surface area contributed by atoms with E-state index in [9.17, 15) is 9.59 Å². The number of likely N-dealkylation sites (tertiary alicyclic amines) is 1. The summed E-state index contributed by atoms with van der Waals surface area (Å²) in [6, 6.07) is 9.45. The average molecular weight is 411 g/mol. The van der Waals surface area contributed by atoms with E-state index in [2.05, 4.69) is 15.6 Å². The Hall–Kier alpha value is -2.67. The molecule has 0 aliphatic carbocycles. The Morgan fingerprint density at radius 1 is 1.24 bits per heavy atom. The zero-order valence-corrected chi connectivity index (χ0v) is 17.7. The fourth-order valence-electron chi connectivity index (χ4n) is 4.32. The van der Waals surface area contributed by atoms with Crippen LogP contribution in [0.2, 0.25) is 0 Å². The highest BCUT2D eigenvalue weighted by Crippen LogP contribution is 2.31. The van der Waals surface area contributed by atoms with Crippen LogP contribution in [0.25, 0.3) is 10.9 Å². The van der Waals surface area contributed by atoms with Gasteiger partial charge in [0.05, 0.1) is 16.9 Å². The highest BCUT2D eigenvalue weighted by Gasteiger charge is 2.29. The monoisotopic (exact) mass is 410 g/mol. The minimum atomic E-state index is -0.123. The molecule has 1 atom stereocenters. The number of aromatic nitrogens is 3. The summed E-state index contributed by atoms with van der Waals surface area (Å²) in [6.45, 7) is 3.13. The van der Waals surface area contributed by atoms with Crippen molar-refractivity contribution in [1.29, 1.82) is 0 Å². The number of hydrogen-bond acceptors (Lipinski definition) is 3. The Bertz CT molecular complexity index is 1170. The number of rotatable bonds is 3. The summed E-state index contributed by atoms with van der Waals surface area (Å²) in [5.74, 6) is -0.000937. The average Bonchev–Trinajstić information content (AvgIpc) is 2.98. The van der Waals surface area contributed by atoms with Gasteiger partial charge in [-0.15, -0.1) is 0 Å². The molecule has 0 radical (unpaired) electrons. The van der Waals surface area contributed by atoms with Crippen LogP contribution in [0.1, 0.15) is 54.7 Å². The van der Waals surface area contributed by atoms with Gasteiger partial charge in [-0.2, -0.15) is 0 Å². The third kappa shape index (κ3) is 3.55. The number of amides is 1. The number of H-pyrrole nitrogens is 1. The van der Waals surface area contributed by atoms with E-state index < -0.39 is 0 Å². The minimum absolute atomic E-state index is 0.000937. The molecule has 3 heterocycles. The Kier molecular flexibility index (Phi) is 5.41. The van der Waals surface area contributed by atoms with E-state index in [0.29, 0.717) is 27.8 Å². The molecule has 1 amide bonds. The molecule has 1 aliphatic rings. The van der Waals surface area contributed by atoms with Gasteiger partial charge in [-0.1, -0.05) is 12.8 Å². The second-order valence-electron chi connectivity index (χ2n) is 7.65. The molecule has 0 spiro atoms. The molecule has 1 unspecified atom stereocenters. The smallest absolute Gasteiger partial charge is 0.262 e. The molecule has 0 bridgehead atoms. The second kappa shape index (κ2) is 7.99. The molecule has 1 saturated heterocycles. The molecule has 3 aromatic rings. The van der Waals surface area contributed by atoms with Crippen LogP contribution >= 0.6 is 12.2 Å². The first kappa shape index (κ1) is 19.6. The maximum Gasteiger partial charge on any atom is 0.262 e. The van der Waals surface area contributed by atoms with E-state index >= 15 is 0 Å². The van der Waals surface area contributed by atoms with E-state index in [0.717, 1.165) is 37.9 Å². The van der Waals surface area contributed by atoms with Gasteiger partial charge in [0.25, 0.3) is 11.5 Å². The zero-order valence-electron chi connectivity index (χ0n) is 16.9. The fourth-order valence-corrected chi connectivity index (χ4v) is 4.64. The van der Waals surface area contributed by atoms with Gasteiger partial charge < -0.3 is 14.5 Å². The molecule has 1 aliphatic heterocycles. The summed E-state index contributed by atoms with van der Waals surface area (Å²) in [7, 11) is 2.03. The van der Waals surface area contributed by atoms with E-state index in [-0.39, 0.29) is 17.5 Å². The van der Waals surface area contributed by atoms with Gasteiger partial charge in [-0.3, -0.25) is 14.2 Å². The minimum Gasteiger partial charge on any atom is -0.353 e. The summed E-state index contributed by atoms with van der Waals surface area (Å²) in [6.07, 6.45) is 6.23. The van der Waals surface area contributed by atoms with Crippen LogP contribution < -0.4 is 5.56 Å². The van der Waals surface area contributed by atoms with Crippen molar-refractivity contribution in [2.24, 2.45) is 7.05 Å². The van der Waals surface area contributed by atoms with Crippen molar-refractivity contribution in [3.05, 3.63) is 62.9 Å². The van der Waals surface area contributed by atoms with Crippen LogP contribution in [0.3, 0.4) is 0 Å². The van der Waals surface area contributed by atoms with Gasteiger partial charge in [-0.25, -0.2) is 0 Å². The summed E-state index contributed by atoms with van der Waals surface area (Å²) in [5, 5.41) is 0.548. The predicted octanol–water partition coefficient (Wildman–Crippen LogP) is 4.17. The number of nitrogens with one attached hydrogen (secondary N) is 1. The standard InChI is InChI=1S/C22H26N4O2S/c1-3-25-21(28)16-11-10-15(14-17(16)23-22(25)29)20(27)26-13-6-4-5-8-19(26)18-9-7-12-24(18)2/h7,9-12,14,19H,3-6,8,13H2,1-2H3,(H,23,29). The molecule has 1 fully saturated rings. The lowest BCUT2D eigenvalue weighted by atomic mass is 10.0. The summed E-state index contributed by atoms with van der Waals surface area (Å²) in [5.41, 5.74) is 2.23. The SMILES string of the molecule is CCn1c(=S)[nH]c2cc(C(=O)N3CCCCCC3c3cccn3C)ccc2c1=O. The number of fused-ring (bicyclic) bond motifs is 1. The second-order valence-corrected chi connectivity index (χ2v) is 8.03. The van der Waals surface area contributed by atoms with Crippen molar-refractivity contribution in [3.8, 4) is 0 Å². The highest BCUT2D eigenvalue weighted by atomic mass is 32.1. The van der Waals surface area contributed by atoms with Gasteiger partial charge >= 0.3 is 0 Å². The molecule has 2 aromatic heterocycles. The van der Waals surface area contributed by atoms with Gasteiger partial charge in [0.2, 0.25) is 0 Å². The van der Waals surface area contributed by atoms with Crippen LogP contribution in [-0.4, -0.2) is 31.5 Å². The number of benzene rings is 1. The topological polar surface area (TPSA) is 63.0 Å². The molecular formula is C22H26N4O2S. The van der Waals surface area contributed by atoms with Crippen molar-refractivity contribution in [3.63, 3.8) is 0 Å². The highest BCUT2D eigenvalue weighted by molar-refractivity contribution is 7.71. The van der Waals surface area contributed by atoms with Gasteiger partial charge in [0.15, 0.2) is 4.77 Å². The number of carbonyl (C=O) groups excluding carboxylic acids is 1. The van der Waals surface area contributed by atoms with Crippen LogP contribution in [0.15, 0.2) is 41.3 Å². The van der Waals surface area contributed by atoms with E-state index in [1.807, 2.05) is 31.1 Å². The quantitative estimate of drug-likeness (QED) is 0.659. The number of nitrogens with zero attached hydrogens (tertiary/aromatic N) is 3. The van der Waals surface area contributed by atoms with Crippen LogP contribution in [0.5, 0.6) is 0 Å². The van der Waals surface area contributed by atoms with Gasteiger partial charge in [-0.05, 0) is 62.3 Å². The zero-order chi connectivity index (χ0) is 20.5. The van der Waals surface area contributed by atoms with E-state index in [4.69, 9.17) is 12.2 Å².